The van der Waals surface area contributed by atoms with Crippen molar-refractivity contribution in [2.75, 3.05) is 0 Å². The minimum atomic E-state index is -5.94. The minimum absolute atomic E-state index is 0.0105. The van der Waals surface area contributed by atoms with E-state index in [4.69, 9.17) is 10.2 Å². The van der Waals surface area contributed by atoms with Crippen LogP contribution < -0.4 is 0 Å². The molecular formula is C16H8F2O12S2. The van der Waals surface area contributed by atoms with E-state index >= 15 is 0 Å². The van der Waals surface area contributed by atoms with E-state index in [0.29, 0.717) is 0 Å². The third-order valence-electron chi connectivity index (χ3n) is 3.98. The number of carboxylic acid groups (broad SMARTS) is 4. The molecule has 0 atom stereocenters. The Morgan fingerprint density at radius 3 is 0.938 bits per heavy atom. The molecule has 0 saturated carbocycles. The topological polar surface area (TPSA) is 217 Å². The molecule has 16 heteroatoms. The second kappa shape index (κ2) is 7.97. The lowest BCUT2D eigenvalue weighted by Gasteiger charge is -2.15. The lowest BCUT2D eigenvalue weighted by molar-refractivity contribution is 0.0651. The van der Waals surface area contributed by atoms with Crippen molar-refractivity contribution in [1.82, 2.24) is 0 Å². The fourth-order valence-corrected chi connectivity index (χ4v) is 4.07. The van der Waals surface area contributed by atoms with E-state index in [9.17, 15) is 54.0 Å². The molecule has 4 N–H and O–H groups in total. The highest BCUT2D eigenvalue weighted by molar-refractivity contribution is 7.87. The summed E-state index contributed by atoms with van der Waals surface area (Å²) in [5, 5.41) is 36.6. The van der Waals surface area contributed by atoms with Crippen LogP contribution in [0.4, 0.5) is 7.77 Å². The molecule has 2 aromatic rings. The standard InChI is InChI=1S/C16H8F2O12S2/c17-31(27,28)11-3-9(15(23)24)7(13(19)20)1-5(11)6-2-8(14(21)22)10(16(25)26)4-12(6)32(18,29)30/h1-4H,(H,19,20)(H,21,22)(H,23,24)(H,25,26). The van der Waals surface area contributed by atoms with Gasteiger partial charge < -0.3 is 20.4 Å². The van der Waals surface area contributed by atoms with Crippen LogP contribution in [0.3, 0.4) is 0 Å². The molecule has 0 radical (unpaired) electrons. The zero-order valence-corrected chi connectivity index (χ0v) is 16.6. The maximum absolute atomic E-state index is 13.9. The Labute approximate surface area is 176 Å². The summed E-state index contributed by atoms with van der Waals surface area (Å²) >= 11 is 0. The highest BCUT2D eigenvalue weighted by Crippen LogP contribution is 2.38. The van der Waals surface area contributed by atoms with Crippen molar-refractivity contribution >= 4 is 44.3 Å². The van der Waals surface area contributed by atoms with Gasteiger partial charge in [-0.15, -0.1) is 7.77 Å². The van der Waals surface area contributed by atoms with Crippen LogP contribution in [0.1, 0.15) is 41.4 Å². The molecule has 0 aliphatic carbocycles. The molecule has 2 aromatic carbocycles. The Kier molecular flexibility index (Phi) is 6.06. The summed E-state index contributed by atoms with van der Waals surface area (Å²) in [6.45, 7) is 0. The molecule has 0 saturated heterocycles. The Morgan fingerprint density at radius 1 is 0.531 bits per heavy atom. The first-order chi connectivity index (χ1) is 14.5. The van der Waals surface area contributed by atoms with E-state index in [2.05, 4.69) is 0 Å². The maximum Gasteiger partial charge on any atom is 0.336 e. The lowest BCUT2D eigenvalue weighted by atomic mass is 9.95. The highest BCUT2D eigenvalue weighted by atomic mass is 32.3. The number of carboxylic acids is 4. The van der Waals surface area contributed by atoms with E-state index in [0.717, 1.165) is 0 Å². The largest absolute Gasteiger partial charge is 0.478 e. The fourth-order valence-electron chi connectivity index (χ4n) is 2.69. The second-order valence-electron chi connectivity index (χ2n) is 5.88. The number of rotatable bonds is 7. The SMILES string of the molecule is O=C(O)c1cc(-c2cc(C(=O)O)c(C(=O)O)cc2S(=O)(=O)F)c(S(=O)(=O)F)cc1C(=O)O. The van der Waals surface area contributed by atoms with Crippen LogP contribution in [-0.2, 0) is 20.4 Å². The number of carbonyl (C=O) groups is 4. The molecule has 0 heterocycles. The van der Waals surface area contributed by atoms with E-state index < -0.39 is 87.5 Å². The van der Waals surface area contributed by atoms with Crippen LogP contribution in [0.5, 0.6) is 0 Å². The molecule has 0 aliphatic rings. The van der Waals surface area contributed by atoms with Gasteiger partial charge in [0, 0.05) is 11.1 Å². The van der Waals surface area contributed by atoms with E-state index in [1.165, 1.54) is 0 Å². The van der Waals surface area contributed by atoms with Crippen LogP contribution in [0.2, 0.25) is 0 Å². The van der Waals surface area contributed by atoms with Gasteiger partial charge in [-0.05, 0) is 24.3 Å². The van der Waals surface area contributed by atoms with Gasteiger partial charge in [-0.2, -0.15) is 16.8 Å². The molecule has 0 spiro atoms. The van der Waals surface area contributed by atoms with Crippen LogP contribution in [0.25, 0.3) is 11.1 Å². The zero-order chi connectivity index (χ0) is 24.8. The first kappa shape index (κ1) is 24.4. The molecule has 0 aliphatic heterocycles. The Morgan fingerprint density at radius 2 is 0.750 bits per heavy atom. The van der Waals surface area contributed by atoms with Crippen molar-refractivity contribution in [3.63, 3.8) is 0 Å². The molecule has 2 rings (SSSR count). The smallest absolute Gasteiger partial charge is 0.336 e. The van der Waals surface area contributed by atoms with E-state index in [-0.39, 0.29) is 24.3 Å². The van der Waals surface area contributed by atoms with E-state index in [1.807, 2.05) is 0 Å². The predicted octanol–water partition coefficient (Wildman–Crippen LogP) is 1.46. The van der Waals surface area contributed by atoms with Gasteiger partial charge in [0.1, 0.15) is 9.79 Å². The number of halogens is 2. The van der Waals surface area contributed by atoms with Gasteiger partial charge in [0.2, 0.25) is 0 Å². The summed E-state index contributed by atoms with van der Waals surface area (Å²) in [5.41, 5.74) is -7.37. The summed E-state index contributed by atoms with van der Waals surface area (Å²) in [6.07, 6.45) is 0. The molecular weight excluding hydrogens is 486 g/mol. The van der Waals surface area contributed by atoms with Crippen molar-refractivity contribution < 1.29 is 64.2 Å². The summed E-state index contributed by atoms with van der Waals surface area (Å²) < 4.78 is 74.1. The number of hydrogen-bond donors (Lipinski definition) is 4. The predicted molar refractivity (Wildman–Crippen MR) is 96.3 cm³/mol. The highest BCUT2D eigenvalue weighted by Gasteiger charge is 2.32. The van der Waals surface area contributed by atoms with Gasteiger partial charge in [0.25, 0.3) is 0 Å². The summed E-state index contributed by atoms with van der Waals surface area (Å²) in [7, 11) is -11.9. The van der Waals surface area contributed by atoms with Gasteiger partial charge in [-0.1, -0.05) is 0 Å². The minimum Gasteiger partial charge on any atom is -0.478 e. The van der Waals surface area contributed by atoms with Gasteiger partial charge in [-0.25, -0.2) is 19.2 Å². The molecule has 0 aromatic heterocycles. The van der Waals surface area contributed by atoms with Crippen molar-refractivity contribution in [3.05, 3.63) is 46.5 Å². The molecule has 0 bridgehead atoms. The maximum atomic E-state index is 13.9. The molecule has 0 amide bonds. The van der Waals surface area contributed by atoms with Crippen molar-refractivity contribution in [3.8, 4) is 11.1 Å². The summed E-state index contributed by atoms with van der Waals surface area (Å²) in [6, 6.07) is 0.371. The Balaban J connectivity index is 3.24. The van der Waals surface area contributed by atoms with Crippen LogP contribution in [0, 0.1) is 0 Å². The third-order valence-corrected chi connectivity index (χ3v) is 5.70. The first-order valence-corrected chi connectivity index (χ1v) is 10.4. The number of aromatic carboxylic acids is 4. The molecule has 32 heavy (non-hydrogen) atoms. The summed E-state index contributed by atoms with van der Waals surface area (Å²) in [5.74, 6) is -8.05. The Bertz CT molecular complexity index is 1320. The van der Waals surface area contributed by atoms with Gasteiger partial charge in [0.15, 0.2) is 0 Å². The molecule has 0 fully saturated rings. The average Bonchev–Trinajstić information content (AvgIpc) is 2.63. The number of hydrogen-bond acceptors (Lipinski definition) is 8. The van der Waals surface area contributed by atoms with Crippen LogP contribution >= 0.6 is 0 Å². The van der Waals surface area contributed by atoms with Crippen molar-refractivity contribution in [2.24, 2.45) is 0 Å². The van der Waals surface area contributed by atoms with Gasteiger partial charge >= 0.3 is 44.3 Å². The molecule has 0 unspecified atom stereocenters. The molecule has 12 nitrogen and oxygen atoms in total. The van der Waals surface area contributed by atoms with Crippen LogP contribution in [-0.4, -0.2) is 61.1 Å². The zero-order valence-electron chi connectivity index (χ0n) is 14.9. The Hall–Kier alpha value is -3.92. The second-order valence-corrected chi connectivity index (χ2v) is 8.52. The monoisotopic (exact) mass is 494 g/mol. The van der Waals surface area contributed by atoms with Crippen molar-refractivity contribution in [2.45, 2.75) is 9.79 Å². The van der Waals surface area contributed by atoms with E-state index in [1.54, 1.807) is 0 Å². The quantitative estimate of drug-likeness (QED) is 0.402. The first-order valence-electron chi connectivity index (χ1n) is 7.65. The summed E-state index contributed by atoms with van der Waals surface area (Å²) in [4.78, 5) is 42.1. The third kappa shape index (κ3) is 4.54. The lowest BCUT2D eigenvalue weighted by Crippen LogP contribution is -2.13. The molecule has 170 valence electrons. The van der Waals surface area contributed by atoms with Crippen molar-refractivity contribution in [1.29, 1.82) is 0 Å². The van der Waals surface area contributed by atoms with Gasteiger partial charge in [0.05, 0.1) is 22.3 Å². The number of benzene rings is 2. The fraction of sp³-hybridized carbons (Fsp3) is 0. The average molecular weight is 494 g/mol. The normalized spacial score (nSPS) is 11.7. The van der Waals surface area contributed by atoms with Crippen LogP contribution in [0.15, 0.2) is 34.1 Å². The van der Waals surface area contributed by atoms with Gasteiger partial charge in [-0.3, -0.25) is 0 Å².